The van der Waals surface area contributed by atoms with Gasteiger partial charge in [0.05, 0.1) is 0 Å². The van der Waals surface area contributed by atoms with E-state index in [2.05, 4.69) is 27.1 Å². The zero-order valence-electron chi connectivity index (χ0n) is 11.2. The lowest BCUT2D eigenvalue weighted by molar-refractivity contribution is 0.219. The predicted molar refractivity (Wildman–Crippen MR) is 73.0 cm³/mol. The number of H-pyrrole nitrogens is 1. The Bertz CT molecular complexity index is 435. The highest BCUT2D eigenvalue weighted by Crippen LogP contribution is 2.14. The summed E-state index contributed by atoms with van der Waals surface area (Å²) in [4.78, 5) is 20.8. The van der Waals surface area contributed by atoms with Crippen LogP contribution in [-0.4, -0.2) is 40.5 Å². The number of piperidine rings is 1. The van der Waals surface area contributed by atoms with Gasteiger partial charge in [0.1, 0.15) is 11.6 Å². The van der Waals surface area contributed by atoms with Gasteiger partial charge in [-0.3, -0.25) is 4.79 Å². The Morgan fingerprint density at radius 1 is 1.50 bits per heavy atom. The number of hydrogen-bond donors (Lipinski definition) is 2. The lowest BCUT2D eigenvalue weighted by Crippen LogP contribution is -2.39. The molecule has 0 spiro atoms. The van der Waals surface area contributed by atoms with Crippen LogP contribution in [0.15, 0.2) is 10.9 Å². The van der Waals surface area contributed by atoms with Gasteiger partial charge in [0.2, 0.25) is 0 Å². The van der Waals surface area contributed by atoms with Crippen molar-refractivity contribution in [1.82, 2.24) is 14.9 Å². The number of nitrogens with one attached hydrogen (secondary N) is 2. The van der Waals surface area contributed by atoms with Gasteiger partial charge in [0, 0.05) is 25.2 Å². The summed E-state index contributed by atoms with van der Waals surface area (Å²) in [5.41, 5.74) is -0.0894. The third-order valence-electron chi connectivity index (χ3n) is 3.34. The lowest BCUT2D eigenvalue weighted by atomic mass is 10.0. The van der Waals surface area contributed by atoms with Crippen LogP contribution in [0.25, 0.3) is 0 Å². The molecule has 0 radical (unpaired) electrons. The summed E-state index contributed by atoms with van der Waals surface area (Å²) >= 11 is 0. The van der Waals surface area contributed by atoms with Crippen molar-refractivity contribution in [2.75, 3.05) is 25.0 Å². The maximum Gasteiger partial charge on any atom is 0.252 e. The van der Waals surface area contributed by atoms with E-state index in [1.165, 1.54) is 19.0 Å². The largest absolute Gasteiger partial charge is 0.367 e. The van der Waals surface area contributed by atoms with E-state index in [9.17, 15) is 4.79 Å². The number of aryl methyl sites for hydroxylation is 1. The Kier molecular flexibility index (Phi) is 4.36. The molecule has 1 saturated heterocycles. The Labute approximate surface area is 108 Å². The summed E-state index contributed by atoms with van der Waals surface area (Å²) in [6, 6.07) is 1.97. The molecule has 18 heavy (non-hydrogen) atoms. The molecular weight excluding hydrogens is 228 g/mol. The molecule has 1 aliphatic rings. The molecule has 0 bridgehead atoms. The molecule has 0 amide bonds. The zero-order valence-corrected chi connectivity index (χ0v) is 11.2. The van der Waals surface area contributed by atoms with Crippen molar-refractivity contribution in [2.24, 2.45) is 0 Å². The zero-order chi connectivity index (χ0) is 13.0. The van der Waals surface area contributed by atoms with Crippen molar-refractivity contribution in [2.45, 2.75) is 39.2 Å². The Balaban J connectivity index is 1.89. The molecule has 1 aliphatic heterocycles. The lowest BCUT2D eigenvalue weighted by Gasteiger charge is -2.32. The number of anilines is 1. The van der Waals surface area contributed by atoms with E-state index in [4.69, 9.17) is 0 Å². The third-order valence-corrected chi connectivity index (χ3v) is 3.34. The molecule has 1 aromatic heterocycles. The molecule has 100 valence electrons. The van der Waals surface area contributed by atoms with E-state index < -0.39 is 0 Å². The molecule has 2 N–H and O–H groups in total. The molecule has 5 heteroatoms. The number of hydrogen-bond acceptors (Lipinski definition) is 4. The summed E-state index contributed by atoms with van der Waals surface area (Å²) in [7, 11) is 0. The van der Waals surface area contributed by atoms with Crippen molar-refractivity contribution in [1.29, 1.82) is 0 Å². The fraction of sp³-hybridized carbons (Fsp3) is 0.692. The van der Waals surface area contributed by atoms with Gasteiger partial charge in [-0.05, 0) is 32.7 Å². The second-order valence-electron chi connectivity index (χ2n) is 4.98. The number of aromatic nitrogens is 2. The van der Waals surface area contributed by atoms with Crippen molar-refractivity contribution in [3.8, 4) is 0 Å². The molecular formula is C13H22N4O. The molecule has 0 aromatic carbocycles. The first-order valence-electron chi connectivity index (χ1n) is 6.74. The topological polar surface area (TPSA) is 61.0 Å². The van der Waals surface area contributed by atoms with Crippen molar-refractivity contribution in [3.05, 3.63) is 22.2 Å². The number of rotatable bonds is 4. The SMILES string of the molecule is CCCN1CCC(Nc2cc(=O)[nH]c(C)n2)CC1. The minimum absolute atomic E-state index is 0.0894. The van der Waals surface area contributed by atoms with Gasteiger partial charge in [-0.2, -0.15) is 0 Å². The van der Waals surface area contributed by atoms with Gasteiger partial charge in [-0.15, -0.1) is 0 Å². The van der Waals surface area contributed by atoms with Crippen molar-refractivity contribution < 1.29 is 0 Å². The quantitative estimate of drug-likeness (QED) is 0.847. The second-order valence-corrected chi connectivity index (χ2v) is 4.98. The number of aromatic amines is 1. The standard InChI is InChI=1S/C13H22N4O/c1-3-6-17-7-4-11(5-8-17)16-12-9-13(18)15-10(2)14-12/h9,11H,3-8H2,1-2H3,(H2,14,15,16,18). The highest BCUT2D eigenvalue weighted by Gasteiger charge is 2.18. The van der Waals surface area contributed by atoms with Crippen LogP contribution in [0.1, 0.15) is 32.0 Å². The van der Waals surface area contributed by atoms with Crippen LogP contribution in [-0.2, 0) is 0 Å². The van der Waals surface area contributed by atoms with Gasteiger partial charge >= 0.3 is 0 Å². The van der Waals surface area contributed by atoms with Crippen molar-refractivity contribution >= 4 is 5.82 Å². The third kappa shape index (κ3) is 3.57. The molecule has 0 unspecified atom stereocenters. The summed E-state index contributed by atoms with van der Waals surface area (Å²) in [5, 5.41) is 3.37. The van der Waals surface area contributed by atoms with Crippen LogP contribution in [0.4, 0.5) is 5.82 Å². The minimum atomic E-state index is -0.0894. The van der Waals surface area contributed by atoms with E-state index in [0.717, 1.165) is 25.9 Å². The molecule has 2 rings (SSSR count). The van der Waals surface area contributed by atoms with E-state index in [-0.39, 0.29) is 5.56 Å². The fourth-order valence-corrected chi connectivity index (χ4v) is 2.48. The monoisotopic (exact) mass is 250 g/mol. The van der Waals surface area contributed by atoms with Crippen LogP contribution in [0.2, 0.25) is 0 Å². The van der Waals surface area contributed by atoms with Crippen LogP contribution < -0.4 is 10.9 Å². The molecule has 5 nitrogen and oxygen atoms in total. The average molecular weight is 250 g/mol. The summed E-state index contributed by atoms with van der Waals surface area (Å²) in [6.45, 7) is 7.47. The van der Waals surface area contributed by atoms with Gasteiger partial charge in [-0.1, -0.05) is 6.92 Å². The molecule has 0 atom stereocenters. The molecule has 1 fully saturated rings. The van der Waals surface area contributed by atoms with Gasteiger partial charge in [-0.25, -0.2) is 4.98 Å². The van der Waals surface area contributed by atoms with Crippen molar-refractivity contribution in [3.63, 3.8) is 0 Å². The highest BCUT2D eigenvalue weighted by atomic mass is 16.1. The number of likely N-dealkylation sites (tertiary alicyclic amines) is 1. The van der Waals surface area contributed by atoms with E-state index >= 15 is 0 Å². The van der Waals surface area contributed by atoms with E-state index in [0.29, 0.717) is 17.7 Å². The molecule has 0 saturated carbocycles. The van der Waals surface area contributed by atoms with Crippen LogP contribution in [0.3, 0.4) is 0 Å². The summed E-state index contributed by atoms with van der Waals surface area (Å²) < 4.78 is 0. The smallest absolute Gasteiger partial charge is 0.252 e. The molecule has 2 heterocycles. The minimum Gasteiger partial charge on any atom is -0.367 e. The first-order chi connectivity index (χ1) is 8.67. The maximum atomic E-state index is 11.3. The van der Waals surface area contributed by atoms with Gasteiger partial charge in [0.15, 0.2) is 0 Å². The predicted octanol–water partition coefficient (Wildman–Crippen LogP) is 1.36. The average Bonchev–Trinajstić information content (AvgIpc) is 2.31. The van der Waals surface area contributed by atoms with Gasteiger partial charge in [0.25, 0.3) is 5.56 Å². The van der Waals surface area contributed by atoms with Crippen LogP contribution >= 0.6 is 0 Å². The van der Waals surface area contributed by atoms with Crippen LogP contribution in [0.5, 0.6) is 0 Å². The van der Waals surface area contributed by atoms with Crippen LogP contribution in [0, 0.1) is 6.92 Å². The first kappa shape index (κ1) is 13.1. The molecule has 0 aliphatic carbocycles. The second kappa shape index (κ2) is 6.00. The maximum absolute atomic E-state index is 11.3. The first-order valence-corrected chi connectivity index (χ1v) is 6.74. The normalized spacial score (nSPS) is 17.9. The Morgan fingerprint density at radius 3 is 2.83 bits per heavy atom. The van der Waals surface area contributed by atoms with E-state index in [1.54, 1.807) is 6.92 Å². The Morgan fingerprint density at radius 2 is 2.22 bits per heavy atom. The molecule has 1 aromatic rings. The highest BCUT2D eigenvalue weighted by molar-refractivity contribution is 5.34. The number of nitrogens with zero attached hydrogens (tertiary/aromatic N) is 2. The van der Waals surface area contributed by atoms with Gasteiger partial charge < -0.3 is 15.2 Å². The Hall–Kier alpha value is -1.36. The summed E-state index contributed by atoms with van der Waals surface area (Å²) in [6.07, 6.45) is 3.45. The van der Waals surface area contributed by atoms with E-state index in [1.807, 2.05) is 0 Å². The fourth-order valence-electron chi connectivity index (χ4n) is 2.48. The summed E-state index contributed by atoms with van der Waals surface area (Å²) in [5.74, 6) is 1.36.